The normalized spacial score (nSPS) is 12.2. The third-order valence-electron chi connectivity index (χ3n) is 1.70. The van der Waals surface area contributed by atoms with Crippen LogP contribution in [0.15, 0.2) is 12.2 Å². The van der Waals surface area contributed by atoms with E-state index in [1.807, 2.05) is 6.92 Å². The molecule has 0 spiro atoms. The second-order valence-corrected chi connectivity index (χ2v) is 3.41. The fourth-order valence-electron chi connectivity index (χ4n) is 0.793. The average Bonchev–Trinajstić information content (AvgIpc) is 2.14. The summed E-state index contributed by atoms with van der Waals surface area (Å²) in [7, 11) is 0. The molecule has 0 bridgehead atoms. The average molecular weight is 200 g/mol. The van der Waals surface area contributed by atoms with E-state index in [1.165, 1.54) is 0 Å². The maximum atomic E-state index is 11.0. The molecule has 0 N–H and O–H groups in total. The predicted molar refractivity (Wildman–Crippen MR) is 56.1 cm³/mol. The van der Waals surface area contributed by atoms with Gasteiger partial charge >= 0.3 is 5.97 Å². The van der Waals surface area contributed by atoms with Crippen LogP contribution < -0.4 is 0 Å². The molecule has 0 aromatic carbocycles. The van der Waals surface area contributed by atoms with Crippen molar-refractivity contribution in [2.24, 2.45) is 0 Å². The number of ether oxygens (including phenoxy) is 2. The number of carbonyl (C=O) groups excluding carboxylic acids is 1. The van der Waals surface area contributed by atoms with E-state index < -0.39 is 0 Å². The van der Waals surface area contributed by atoms with Crippen LogP contribution in [0.25, 0.3) is 0 Å². The summed E-state index contributed by atoms with van der Waals surface area (Å²) in [6, 6.07) is 0. The first kappa shape index (κ1) is 13.2. The maximum absolute atomic E-state index is 11.0. The van der Waals surface area contributed by atoms with Gasteiger partial charge in [0, 0.05) is 12.2 Å². The first-order valence-corrected chi connectivity index (χ1v) is 5.02. The third-order valence-corrected chi connectivity index (χ3v) is 1.70. The molecule has 0 aliphatic heterocycles. The summed E-state index contributed by atoms with van der Waals surface area (Å²) in [6.45, 7) is 10.1. The van der Waals surface area contributed by atoms with Crippen LogP contribution in [0.1, 0.15) is 33.6 Å². The Morgan fingerprint density at radius 1 is 1.50 bits per heavy atom. The summed E-state index contributed by atoms with van der Waals surface area (Å²) in [4.78, 5) is 11.0. The molecule has 0 saturated carbocycles. The molecule has 0 aliphatic carbocycles. The standard InChI is InChI=1S/C11H20O3/c1-5-6-7-13-10(4)8-14-11(12)9(2)3/h10H,2,5-8H2,1,3-4H3. The van der Waals surface area contributed by atoms with Crippen molar-refractivity contribution >= 4 is 5.97 Å². The molecule has 0 radical (unpaired) electrons. The highest BCUT2D eigenvalue weighted by atomic mass is 16.6. The highest BCUT2D eigenvalue weighted by molar-refractivity contribution is 5.86. The van der Waals surface area contributed by atoms with Gasteiger partial charge in [-0.3, -0.25) is 0 Å². The number of carbonyl (C=O) groups is 1. The quantitative estimate of drug-likeness (QED) is 0.359. The van der Waals surface area contributed by atoms with Gasteiger partial charge in [0.25, 0.3) is 0 Å². The smallest absolute Gasteiger partial charge is 0.333 e. The van der Waals surface area contributed by atoms with E-state index >= 15 is 0 Å². The zero-order chi connectivity index (χ0) is 11.0. The summed E-state index contributed by atoms with van der Waals surface area (Å²) < 4.78 is 10.3. The zero-order valence-electron chi connectivity index (χ0n) is 9.34. The molecule has 0 aliphatic rings. The van der Waals surface area contributed by atoms with E-state index in [-0.39, 0.29) is 12.1 Å². The first-order valence-electron chi connectivity index (χ1n) is 5.02. The van der Waals surface area contributed by atoms with Gasteiger partial charge in [0.05, 0.1) is 6.10 Å². The molecule has 0 aromatic heterocycles. The van der Waals surface area contributed by atoms with E-state index in [9.17, 15) is 4.79 Å². The number of esters is 1. The van der Waals surface area contributed by atoms with E-state index in [4.69, 9.17) is 9.47 Å². The van der Waals surface area contributed by atoms with E-state index in [1.54, 1.807) is 6.92 Å². The third kappa shape index (κ3) is 6.66. The van der Waals surface area contributed by atoms with Crippen molar-refractivity contribution in [1.29, 1.82) is 0 Å². The Morgan fingerprint density at radius 2 is 2.14 bits per heavy atom. The lowest BCUT2D eigenvalue weighted by atomic mass is 10.3. The van der Waals surface area contributed by atoms with Crippen molar-refractivity contribution in [2.45, 2.75) is 39.7 Å². The number of rotatable bonds is 7. The van der Waals surface area contributed by atoms with Gasteiger partial charge in [-0.05, 0) is 20.3 Å². The predicted octanol–water partition coefficient (Wildman–Crippen LogP) is 2.31. The molecule has 0 heterocycles. The van der Waals surface area contributed by atoms with Crippen LogP contribution in [0, 0.1) is 0 Å². The van der Waals surface area contributed by atoms with E-state index in [0.29, 0.717) is 12.2 Å². The largest absolute Gasteiger partial charge is 0.460 e. The van der Waals surface area contributed by atoms with Gasteiger partial charge in [-0.1, -0.05) is 19.9 Å². The Balaban J connectivity index is 3.48. The molecule has 1 unspecified atom stereocenters. The van der Waals surface area contributed by atoms with Gasteiger partial charge in [-0.2, -0.15) is 0 Å². The van der Waals surface area contributed by atoms with E-state index in [2.05, 4.69) is 13.5 Å². The molecular weight excluding hydrogens is 180 g/mol. The van der Waals surface area contributed by atoms with Crippen LogP contribution in [-0.4, -0.2) is 25.3 Å². The highest BCUT2D eigenvalue weighted by Crippen LogP contribution is 1.98. The monoisotopic (exact) mass is 200 g/mol. The Kier molecular flexibility index (Phi) is 7.11. The van der Waals surface area contributed by atoms with Crippen LogP contribution in [0.3, 0.4) is 0 Å². The summed E-state index contributed by atoms with van der Waals surface area (Å²) in [5, 5.41) is 0. The van der Waals surface area contributed by atoms with Crippen molar-refractivity contribution in [1.82, 2.24) is 0 Å². The fourth-order valence-corrected chi connectivity index (χ4v) is 0.793. The molecule has 3 nitrogen and oxygen atoms in total. The maximum Gasteiger partial charge on any atom is 0.333 e. The van der Waals surface area contributed by atoms with Gasteiger partial charge in [-0.15, -0.1) is 0 Å². The van der Waals surface area contributed by atoms with Crippen molar-refractivity contribution in [2.75, 3.05) is 13.2 Å². The van der Waals surface area contributed by atoms with Crippen molar-refractivity contribution < 1.29 is 14.3 Å². The topological polar surface area (TPSA) is 35.5 Å². The van der Waals surface area contributed by atoms with Gasteiger partial charge in [0.2, 0.25) is 0 Å². The second-order valence-electron chi connectivity index (χ2n) is 3.41. The lowest BCUT2D eigenvalue weighted by Crippen LogP contribution is -2.19. The molecule has 0 amide bonds. The molecule has 0 fully saturated rings. The number of unbranched alkanes of at least 4 members (excludes halogenated alkanes) is 1. The van der Waals surface area contributed by atoms with Gasteiger partial charge in [-0.25, -0.2) is 4.79 Å². The fraction of sp³-hybridized carbons (Fsp3) is 0.727. The van der Waals surface area contributed by atoms with Crippen molar-refractivity contribution in [3.05, 3.63) is 12.2 Å². The van der Waals surface area contributed by atoms with Gasteiger partial charge in [0.1, 0.15) is 6.61 Å². The van der Waals surface area contributed by atoms with Crippen LogP contribution in [-0.2, 0) is 14.3 Å². The lowest BCUT2D eigenvalue weighted by molar-refractivity contribution is -0.142. The molecule has 0 saturated heterocycles. The molecular formula is C11H20O3. The second kappa shape index (κ2) is 7.56. The minimum absolute atomic E-state index is 0.0372. The highest BCUT2D eigenvalue weighted by Gasteiger charge is 2.07. The summed E-state index contributed by atoms with van der Waals surface area (Å²) in [5.41, 5.74) is 0.422. The number of hydrogen-bond acceptors (Lipinski definition) is 3. The number of hydrogen-bond donors (Lipinski definition) is 0. The summed E-state index contributed by atoms with van der Waals surface area (Å²) in [6.07, 6.45) is 2.11. The molecule has 14 heavy (non-hydrogen) atoms. The minimum Gasteiger partial charge on any atom is -0.460 e. The van der Waals surface area contributed by atoms with Crippen molar-refractivity contribution in [3.63, 3.8) is 0 Å². The van der Waals surface area contributed by atoms with Crippen LogP contribution in [0.5, 0.6) is 0 Å². The van der Waals surface area contributed by atoms with Crippen LogP contribution in [0.4, 0.5) is 0 Å². The van der Waals surface area contributed by atoms with E-state index in [0.717, 1.165) is 19.4 Å². The molecule has 1 atom stereocenters. The first-order chi connectivity index (χ1) is 6.57. The Morgan fingerprint density at radius 3 is 2.64 bits per heavy atom. The SMILES string of the molecule is C=C(C)C(=O)OCC(C)OCCCC. The summed E-state index contributed by atoms with van der Waals surface area (Å²) in [5.74, 6) is -0.351. The molecule has 0 rings (SSSR count). The molecule has 0 aromatic rings. The molecule has 82 valence electrons. The van der Waals surface area contributed by atoms with Crippen LogP contribution in [0.2, 0.25) is 0 Å². The zero-order valence-corrected chi connectivity index (χ0v) is 9.34. The minimum atomic E-state index is -0.351. The van der Waals surface area contributed by atoms with Gasteiger partial charge in [0.15, 0.2) is 0 Å². The Labute approximate surface area is 86.1 Å². The summed E-state index contributed by atoms with van der Waals surface area (Å²) >= 11 is 0. The molecule has 3 heteroatoms. The lowest BCUT2D eigenvalue weighted by Gasteiger charge is -2.12. The van der Waals surface area contributed by atoms with Crippen LogP contribution >= 0.6 is 0 Å². The Bertz CT molecular complexity index is 187. The van der Waals surface area contributed by atoms with Gasteiger partial charge < -0.3 is 9.47 Å². The van der Waals surface area contributed by atoms with Crippen molar-refractivity contribution in [3.8, 4) is 0 Å². The Hall–Kier alpha value is -0.830.